The normalized spacial score (nSPS) is 14.8. The van der Waals surface area contributed by atoms with Crippen LogP contribution in [0.2, 0.25) is 0 Å². The van der Waals surface area contributed by atoms with Gasteiger partial charge < -0.3 is 64.3 Å². The molecule has 15 N–H and O–H groups in total. The van der Waals surface area contributed by atoms with Crippen molar-refractivity contribution in [2.24, 2.45) is 29.0 Å². The van der Waals surface area contributed by atoms with Gasteiger partial charge in [-0.1, -0.05) is 82.6 Å². The van der Waals surface area contributed by atoms with Crippen molar-refractivity contribution in [3.05, 3.63) is 71.9 Å². The molecule has 68 heavy (non-hydrogen) atoms. The van der Waals surface area contributed by atoms with Gasteiger partial charge in [0.1, 0.15) is 36.3 Å². The van der Waals surface area contributed by atoms with E-state index in [2.05, 4.69) is 36.9 Å². The maximum absolute atomic E-state index is 14.5. The lowest BCUT2D eigenvalue weighted by atomic mass is 9.96. The largest absolute Gasteiger partial charge is 0.481 e. The van der Waals surface area contributed by atoms with Crippen LogP contribution < -0.4 is 49.1 Å². The molecule has 0 fully saturated rings. The molecule has 2 aromatic carbocycles. The van der Waals surface area contributed by atoms with Crippen molar-refractivity contribution in [1.29, 1.82) is 0 Å². The molecule has 0 bridgehead atoms. The Labute approximate surface area is 395 Å². The van der Waals surface area contributed by atoms with Crippen molar-refractivity contribution < 1.29 is 53.4 Å². The number of rotatable bonds is 30. The van der Waals surface area contributed by atoms with E-state index in [4.69, 9.17) is 17.2 Å². The van der Waals surface area contributed by atoms with Crippen molar-refractivity contribution in [1.82, 2.24) is 36.9 Å². The third-order valence-corrected chi connectivity index (χ3v) is 11.4. The number of para-hydroxylation sites is 1. The van der Waals surface area contributed by atoms with Gasteiger partial charge in [0, 0.05) is 29.9 Å². The van der Waals surface area contributed by atoms with Crippen molar-refractivity contribution in [3.8, 4) is 0 Å². The standard InChI is InChI=1S/C47H68N10O11/c1-5-27(4)40(57-41(61)31(49)22-28-13-7-6-8-14-28)46(66)53-34(18-19-39(59)60)43(63)55-36(23-29-25-51-32-16-10-9-15-30(29)32)45(65)54-35(21-26(2)3)44(64)52-33(17-11-12-20-48)42(62)56-37(47(67)68)24-38(50)58/h6-10,13-16,25-27,31,33-37,40,51H,5,11-12,17-24,48-49H2,1-4H3,(H2,50,58)(H,52,64)(H,53,66)(H,54,65)(H,55,63)(H,56,62)(H,57,61)(H,59,60)(H,67,68). The first-order chi connectivity index (χ1) is 32.2. The number of nitrogens with one attached hydrogen (secondary N) is 7. The highest BCUT2D eigenvalue weighted by Gasteiger charge is 2.35. The Morgan fingerprint density at radius 1 is 0.647 bits per heavy atom. The maximum Gasteiger partial charge on any atom is 0.326 e. The fourth-order valence-corrected chi connectivity index (χ4v) is 7.41. The van der Waals surface area contributed by atoms with Gasteiger partial charge in [0.05, 0.1) is 12.5 Å². The predicted molar refractivity (Wildman–Crippen MR) is 252 cm³/mol. The summed E-state index contributed by atoms with van der Waals surface area (Å²) >= 11 is 0. The first-order valence-electron chi connectivity index (χ1n) is 22.8. The molecule has 0 spiro atoms. The number of aromatic nitrogens is 1. The zero-order valence-electron chi connectivity index (χ0n) is 39.0. The molecule has 8 atom stereocenters. The van der Waals surface area contributed by atoms with Crippen LogP contribution >= 0.6 is 0 Å². The number of carboxylic acid groups (broad SMARTS) is 2. The topological polar surface area (TPSA) is 360 Å². The van der Waals surface area contributed by atoms with Gasteiger partial charge in [-0.3, -0.25) is 38.4 Å². The monoisotopic (exact) mass is 949 g/mol. The number of hydrogen-bond acceptors (Lipinski definition) is 11. The zero-order chi connectivity index (χ0) is 50.5. The van der Waals surface area contributed by atoms with Crippen LogP contribution in [0.3, 0.4) is 0 Å². The average Bonchev–Trinajstić information content (AvgIpc) is 3.70. The first-order valence-corrected chi connectivity index (χ1v) is 22.8. The van der Waals surface area contributed by atoms with Crippen LogP contribution in [0.4, 0.5) is 0 Å². The molecule has 21 nitrogen and oxygen atoms in total. The molecule has 0 aliphatic heterocycles. The number of carbonyl (C=O) groups is 9. The van der Waals surface area contributed by atoms with E-state index in [9.17, 15) is 53.4 Å². The van der Waals surface area contributed by atoms with E-state index in [-0.39, 0.29) is 38.1 Å². The molecule has 0 saturated carbocycles. The number of benzene rings is 2. The molecule has 1 heterocycles. The van der Waals surface area contributed by atoms with Gasteiger partial charge in [-0.2, -0.15) is 0 Å². The highest BCUT2D eigenvalue weighted by atomic mass is 16.4. The SMILES string of the molecule is CCC(C)C(NC(=O)C(N)Cc1ccccc1)C(=O)NC(CCC(=O)O)C(=O)NC(Cc1c[nH]c2ccccc12)C(=O)NC(CC(C)C)C(=O)NC(CCCCN)C(=O)NC(CC(N)=O)C(=O)O. The molecule has 372 valence electrons. The summed E-state index contributed by atoms with van der Waals surface area (Å²) in [5.41, 5.74) is 19.2. The van der Waals surface area contributed by atoms with Crippen molar-refractivity contribution in [3.63, 3.8) is 0 Å². The molecule has 0 saturated heterocycles. The molecule has 0 aliphatic carbocycles. The Balaban J connectivity index is 1.96. The van der Waals surface area contributed by atoms with E-state index in [0.717, 1.165) is 11.1 Å². The number of aliphatic carboxylic acids is 2. The Morgan fingerprint density at radius 3 is 1.81 bits per heavy atom. The molecule has 21 heteroatoms. The first kappa shape index (κ1) is 55.5. The molecule has 0 radical (unpaired) electrons. The van der Waals surface area contributed by atoms with Crippen molar-refractivity contribution >= 4 is 64.2 Å². The number of amides is 7. The molecule has 3 rings (SSSR count). The van der Waals surface area contributed by atoms with Gasteiger partial charge in [-0.05, 0) is 74.1 Å². The second-order valence-corrected chi connectivity index (χ2v) is 17.4. The van der Waals surface area contributed by atoms with E-state index in [1.165, 1.54) is 0 Å². The number of aromatic amines is 1. The molecule has 8 unspecified atom stereocenters. The van der Waals surface area contributed by atoms with E-state index in [0.29, 0.717) is 30.2 Å². The summed E-state index contributed by atoms with van der Waals surface area (Å²) in [4.78, 5) is 122. The van der Waals surface area contributed by atoms with E-state index < -0.39 is 121 Å². The fraction of sp³-hybridized carbons (Fsp3) is 0.511. The lowest BCUT2D eigenvalue weighted by molar-refractivity contribution is -0.143. The molecular formula is C47H68N10O11. The minimum Gasteiger partial charge on any atom is -0.481 e. The number of carboxylic acids is 2. The van der Waals surface area contributed by atoms with Gasteiger partial charge in [0.25, 0.3) is 0 Å². The van der Waals surface area contributed by atoms with Gasteiger partial charge in [-0.15, -0.1) is 0 Å². The number of hydrogen-bond donors (Lipinski definition) is 12. The summed E-state index contributed by atoms with van der Waals surface area (Å²) < 4.78 is 0. The summed E-state index contributed by atoms with van der Waals surface area (Å²) in [6.45, 7) is 7.35. The second kappa shape index (κ2) is 27.7. The van der Waals surface area contributed by atoms with E-state index in [1.807, 2.05) is 18.2 Å². The van der Waals surface area contributed by atoms with Gasteiger partial charge in [-0.25, -0.2) is 4.79 Å². The summed E-state index contributed by atoms with van der Waals surface area (Å²) in [6.07, 6.45) is 1.28. The Kier molecular flexibility index (Phi) is 22.6. The van der Waals surface area contributed by atoms with Gasteiger partial charge >= 0.3 is 11.9 Å². The molecule has 3 aromatic rings. The lowest BCUT2D eigenvalue weighted by Crippen LogP contribution is -2.61. The number of carbonyl (C=O) groups excluding carboxylic acids is 7. The van der Waals surface area contributed by atoms with Crippen LogP contribution in [0.25, 0.3) is 10.9 Å². The van der Waals surface area contributed by atoms with Crippen LogP contribution in [0.1, 0.15) is 90.2 Å². The van der Waals surface area contributed by atoms with Crippen LogP contribution in [0.15, 0.2) is 60.8 Å². The molecule has 1 aromatic heterocycles. The highest BCUT2D eigenvalue weighted by molar-refractivity contribution is 5.98. The number of H-pyrrole nitrogens is 1. The Morgan fingerprint density at radius 2 is 1.21 bits per heavy atom. The quantitative estimate of drug-likeness (QED) is 0.0399. The van der Waals surface area contributed by atoms with E-state index >= 15 is 0 Å². The smallest absolute Gasteiger partial charge is 0.326 e. The average molecular weight is 949 g/mol. The number of unbranched alkanes of at least 4 members (excludes halogenated alkanes) is 1. The molecule has 0 aliphatic rings. The number of primary amides is 1. The van der Waals surface area contributed by atoms with Crippen LogP contribution in [0.5, 0.6) is 0 Å². The number of nitrogens with two attached hydrogens (primary N) is 3. The second-order valence-electron chi connectivity index (χ2n) is 17.4. The third kappa shape index (κ3) is 18.1. The number of fused-ring (bicyclic) bond motifs is 1. The van der Waals surface area contributed by atoms with Crippen molar-refractivity contribution in [2.45, 2.75) is 134 Å². The molecular weight excluding hydrogens is 881 g/mol. The predicted octanol–water partition coefficient (Wildman–Crippen LogP) is 0.235. The van der Waals surface area contributed by atoms with E-state index in [1.54, 1.807) is 70.3 Å². The Bertz CT molecular complexity index is 2200. The van der Waals surface area contributed by atoms with Gasteiger partial charge in [0.2, 0.25) is 41.4 Å². The van der Waals surface area contributed by atoms with Crippen LogP contribution in [-0.4, -0.2) is 117 Å². The summed E-state index contributed by atoms with van der Waals surface area (Å²) in [6, 6.07) is 6.74. The highest BCUT2D eigenvalue weighted by Crippen LogP contribution is 2.20. The molecule has 7 amide bonds. The van der Waals surface area contributed by atoms with Crippen molar-refractivity contribution in [2.75, 3.05) is 6.54 Å². The van der Waals surface area contributed by atoms with Crippen LogP contribution in [-0.2, 0) is 56.0 Å². The maximum atomic E-state index is 14.5. The van der Waals surface area contributed by atoms with Gasteiger partial charge in [0.15, 0.2) is 0 Å². The zero-order valence-corrected chi connectivity index (χ0v) is 39.0. The summed E-state index contributed by atoms with van der Waals surface area (Å²) in [7, 11) is 0. The van der Waals surface area contributed by atoms with Crippen LogP contribution in [0, 0.1) is 11.8 Å². The third-order valence-electron chi connectivity index (χ3n) is 11.4. The fourth-order valence-electron chi connectivity index (χ4n) is 7.41. The lowest BCUT2D eigenvalue weighted by Gasteiger charge is -2.29. The summed E-state index contributed by atoms with van der Waals surface area (Å²) in [5.74, 6) is -9.36. The minimum absolute atomic E-state index is 0.0186. The minimum atomic E-state index is -1.68. The Hall–Kier alpha value is -6.87. The summed E-state index contributed by atoms with van der Waals surface area (Å²) in [5, 5.41) is 35.5.